The summed E-state index contributed by atoms with van der Waals surface area (Å²) in [6, 6.07) is 7.32. The van der Waals surface area contributed by atoms with Crippen molar-refractivity contribution in [2.24, 2.45) is 0 Å². The van der Waals surface area contributed by atoms with Crippen molar-refractivity contribution in [2.75, 3.05) is 16.4 Å². The molecule has 0 fully saturated rings. The Hall–Kier alpha value is -4.37. The minimum absolute atomic E-state index is 0.0000906. The Morgan fingerprint density at radius 1 is 1.17 bits per heavy atom. The van der Waals surface area contributed by atoms with E-state index in [1.54, 1.807) is 6.20 Å². The molecule has 0 radical (unpaired) electrons. The van der Waals surface area contributed by atoms with Crippen molar-refractivity contribution in [3.8, 4) is 17.2 Å². The lowest BCUT2D eigenvalue weighted by Crippen LogP contribution is -2.20. The summed E-state index contributed by atoms with van der Waals surface area (Å²) in [5.41, 5.74) is 6.14. The largest absolute Gasteiger partial charge is 0.416 e. The number of nitrogens with two attached hydrogens (primary N) is 1. The van der Waals surface area contributed by atoms with Gasteiger partial charge in [-0.1, -0.05) is 17.7 Å². The van der Waals surface area contributed by atoms with Crippen molar-refractivity contribution in [1.29, 1.82) is 5.26 Å². The molecule has 0 spiro atoms. The number of nitrogens with one attached hydrogen (secondary N) is 2. The zero-order valence-corrected chi connectivity index (χ0v) is 18.2. The van der Waals surface area contributed by atoms with E-state index in [4.69, 9.17) is 22.6 Å². The first-order valence-corrected chi connectivity index (χ1v) is 10.2. The molecule has 4 rings (SSSR count). The summed E-state index contributed by atoms with van der Waals surface area (Å²) in [7, 11) is 0. The van der Waals surface area contributed by atoms with E-state index >= 15 is 0 Å². The molecule has 4 N–H and O–H groups in total. The van der Waals surface area contributed by atoms with Crippen molar-refractivity contribution in [1.82, 2.24) is 14.6 Å². The van der Waals surface area contributed by atoms with Crippen molar-refractivity contribution in [2.45, 2.75) is 12.6 Å². The Balaban J connectivity index is 1.62. The van der Waals surface area contributed by atoms with Crippen LogP contribution in [0.3, 0.4) is 0 Å². The molecule has 35 heavy (non-hydrogen) atoms. The number of nitrogen functional groups attached to an aromatic ring is 1. The van der Waals surface area contributed by atoms with Crippen LogP contribution in [0.5, 0.6) is 0 Å². The van der Waals surface area contributed by atoms with Crippen molar-refractivity contribution >= 4 is 40.3 Å². The minimum Gasteiger partial charge on any atom is -0.382 e. The van der Waals surface area contributed by atoms with Crippen LogP contribution in [0.25, 0.3) is 16.6 Å². The van der Waals surface area contributed by atoms with Crippen LogP contribution in [0.15, 0.2) is 48.9 Å². The number of fused-ring (bicyclic) bond motifs is 1. The first-order valence-electron chi connectivity index (χ1n) is 9.80. The summed E-state index contributed by atoms with van der Waals surface area (Å²) in [5, 5.41) is 17.5. The number of rotatable bonds is 4. The zero-order valence-electron chi connectivity index (χ0n) is 17.5. The quantitative estimate of drug-likeness (QED) is 0.317. The molecular formula is C22H14ClF4N7O. The lowest BCUT2D eigenvalue weighted by atomic mass is 10.0. The van der Waals surface area contributed by atoms with Crippen LogP contribution < -0.4 is 16.4 Å². The van der Waals surface area contributed by atoms with Crippen LogP contribution in [-0.4, -0.2) is 20.6 Å². The Kier molecular flexibility index (Phi) is 6.19. The standard InChI is InChI=1S/C22H14ClF4N7O/c23-14-3-2-13(22(25,26)27)8-17(14)33-21(35)32-16-4-1-11(7-15(16)24)18-12(5-6-28)9-34-19(18)20(29)30-10-31-34/h1-4,7-10H,5H2,(H2,29,30,31)(H2,32,33,35). The van der Waals surface area contributed by atoms with Gasteiger partial charge in [0, 0.05) is 11.8 Å². The van der Waals surface area contributed by atoms with Crippen LogP contribution in [0, 0.1) is 17.1 Å². The Morgan fingerprint density at radius 3 is 2.60 bits per heavy atom. The van der Waals surface area contributed by atoms with Gasteiger partial charge in [0.2, 0.25) is 0 Å². The van der Waals surface area contributed by atoms with Gasteiger partial charge >= 0.3 is 12.2 Å². The highest BCUT2D eigenvalue weighted by molar-refractivity contribution is 6.33. The Bertz CT molecular complexity index is 1490. The highest BCUT2D eigenvalue weighted by atomic mass is 35.5. The van der Waals surface area contributed by atoms with E-state index < -0.39 is 23.6 Å². The van der Waals surface area contributed by atoms with Gasteiger partial charge in [-0.15, -0.1) is 0 Å². The molecule has 0 saturated carbocycles. The second-order valence-electron chi connectivity index (χ2n) is 7.27. The van der Waals surface area contributed by atoms with Crippen LogP contribution in [-0.2, 0) is 12.6 Å². The second kappa shape index (κ2) is 9.11. The van der Waals surface area contributed by atoms with Gasteiger partial charge in [0.05, 0.1) is 34.5 Å². The number of urea groups is 1. The summed E-state index contributed by atoms with van der Waals surface area (Å²) in [6.07, 6.45) is -1.81. The second-order valence-corrected chi connectivity index (χ2v) is 7.68. The van der Waals surface area contributed by atoms with E-state index in [1.165, 1.54) is 23.0 Å². The number of halogens is 5. The highest BCUT2D eigenvalue weighted by Crippen LogP contribution is 2.35. The van der Waals surface area contributed by atoms with Gasteiger partial charge < -0.3 is 16.4 Å². The molecule has 0 saturated heterocycles. The first-order chi connectivity index (χ1) is 16.6. The Labute approximate surface area is 199 Å². The first kappa shape index (κ1) is 23.8. The number of nitrogens with zero attached hydrogens (tertiary/aromatic N) is 4. The molecule has 13 heteroatoms. The molecule has 8 nitrogen and oxygen atoms in total. The molecular weight excluding hydrogens is 490 g/mol. The number of alkyl halides is 3. The normalized spacial score (nSPS) is 11.3. The number of carbonyl (C=O) groups excluding carboxylic acids is 1. The van der Waals surface area contributed by atoms with Gasteiger partial charge in [0.15, 0.2) is 5.82 Å². The molecule has 2 aromatic carbocycles. The summed E-state index contributed by atoms with van der Waals surface area (Å²) in [4.78, 5) is 16.3. The Morgan fingerprint density at radius 2 is 1.91 bits per heavy atom. The van der Waals surface area contributed by atoms with E-state index in [2.05, 4.69) is 20.7 Å². The average molecular weight is 504 g/mol. The van der Waals surface area contributed by atoms with Gasteiger partial charge in [0.25, 0.3) is 0 Å². The van der Waals surface area contributed by atoms with Gasteiger partial charge in [-0.05, 0) is 41.5 Å². The molecule has 4 aromatic rings. The highest BCUT2D eigenvalue weighted by Gasteiger charge is 2.31. The van der Waals surface area contributed by atoms with E-state index in [0.717, 1.165) is 18.2 Å². The SMILES string of the molecule is N#CCc1cn2ncnc(N)c2c1-c1ccc(NC(=O)Nc2cc(C(F)(F)F)ccc2Cl)c(F)c1. The van der Waals surface area contributed by atoms with Crippen LogP contribution in [0.4, 0.5) is 39.5 Å². The lowest BCUT2D eigenvalue weighted by Gasteiger charge is -2.13. The van der Waals surface area contributed by atoms with Gasteiger partial charge in [-0.2, -0.15) is 23.5 Å². The number of carbonyl (C=O) groups is 1. The maximum absolute atomic E-state index is 14.9. The topological polar surface area (TPSA) is 121 Å². The number of hydrogen-bond acceptors (Lipinski definition) is 5. The molecule has 2 amide bonds. The van der Waals surface area contributed by atoms with Gasteiger partial charge in [-0.3, -0.25) is 0 Å². The van der Waals surface area contributed by atoms with Crippen LogP contribution in [0.1, 0.15) is 11.1 Å². The van der Waals surface area contributed by atoms with Crippen molar-refractivity contribution < 1.29 is 22.4 Å². The van der Waals surface area contributed by atoms with Gasteiger partial charge in [-0.25, -0.2) is 18.7 Å². The number of nitriles is 1. The third-order valence-corrected chi connectivity index (χ3v) is 5.33. The molecule has 0 aliphatic carbocycles. The van der Waals surface area contributed by atoms with E-state index in [-0.39, 0.29) is 28.6 Å². The van der Waals surface area contributed by atoms with Crippen LogP contribution in [0.2, 0.25) is 5.02 Å². The zero-order chi connectivity index (χ0) is 25.3. The molecule has 0 atom stereocenters. The number of amides is 2. The molecule has 2 aromatic heterocycles. The lowest BCUT2D eigenvalue weighted by molar-refractivity contribution is -0.137. The summed E-state index contributed by atoms with van der Waals surface area (Å²) < 4.78 is 55.1. The van der Waals surface area contributed by atoms with E-state index in [0.29, 0.717) is 28.3 Å². The van der Waals surface area contributed by atoms with Crippen LogP contribution >= 0.6 is 11.6 Å². The summed E-state index contributed by atoms with van der Waals surface area (Å²) >= 11 is 5.87. The van der Waals surface area contributed by atoms with Gasteiger partial charge in [0.1, 0.15) is 17.7 Å². The van der Waals surface area contributed by atoms with E-state index in [9.17, 15) is 22.4 Å². The fourth-order valence-corrected chi connectivity index (χ4v) is 3.64. The number of anilines is 3. The fourth-order valence-electron chi connectivity index (χ4n) is 3.47. The van der Waals surface area contributed by atoms with E-state index in [1.807, 2.05) is 6.07 Å². The monoisotopic (exact) mass is 503 g/mol. The summed E-state index contributed by atoms with van der Waals surface area (Å²) in [6.45, 7) is 0. The number of aromatic nitrogens is 3. The molecule has 178 valence electrons. The molecule has 0 aliphatic rings. The molecule has 0 aliphatic heterocycles. The molecule has 0 unspecified atom stereocenters. The maximum Gasteiger partial charge on any atom is 0.416 e. The fraction of sp³-hybridized carbons (Fsp3) is 0.0909. The number of benzene rings is 2. The average Bonchev–Trinajstić information content (AvgIpc) is 3.15. The number of hydrogen-bond donors (Lipinski definition) is 3. The van der Waals surface area contributed by atoms with Crippen molar-refractivity contribution in [3.63, 3.8) is 0 Å². The maximum atomic E-state index is 14.9. The smallest absolute Gasteiger partial charge is 0.382 e. The minimum atomic E-state index is -4.64. The predicted octanol–water partition coefficient (Wildman–Crippen LogP) is 5.50. The summed E-state index contributed by atoms with van der Waals surface area (Å²) in [5.74, 6) is -0.718. The third kappa shape index (κ3) is 4.80. The predicted molar refractivity (Wildman–Crippen MR) is 121 cm³/mol. The molecule has 2 heterocycles. The van der Waals surface area contributed by atoms with Crippen molar-refractivity contribution in [3.05, 3.63) is 70.9 Å². The molecule has 0 bridgehead atoms. The third-order valence-electron chi connectivity index (χ3n) is 5.00.